The number of rotatable bonds is 4. The van der Waals surface area contributed by atoms with Crippen LogP contribution in [0.1, 0.15) is 23.5 Å². The van der Waals surface area contributed by atoms with E-state index in [0.29, 0.717) is 0 Å². The van der Waals surface area contributed by atoms with E-state index in [1.54, 1.807) is 0 Å². The van der Waals surface area contributed by atoms with Crippen molar-refractivity contribution in [3.05, 3.63) is 88.7 Å². The van der Waals surface area contributed by atoms with Gasteiger partial charge in [-0.2, -0.15) is 8.78 Å². The van der Waals surface area contributed by atoms with Gasteiger partial charge >= 0.3 is 12.1 Å². The third-order valence-electron chi connectivity index (χ3n) is 6.49. The summed E-state index contributed by atoms with van der Waals surface area (Å²) in [6.07, 6.45) is -2.62. The molecule has 1 saturated heterocycles. The van der Waals surface area contributed by atoms with Gasteiger partial charge in [0.05, 0.1) is 12.6 Å². The topological polar surface area (TPSA) is 76.1 Å². The van der Waals surface area contributed by atoms with Gasteiger partial charge in [0.1, 0.15) is 12.6 Å². The molecule has 6 nitrogen and oxygen atoms in total. The zero-order chi connectivity index (χ0) is 26.4. The van der Waals surface area contributed by atoms with Crippen LogP contribution in [0.15, 0.2) is 48.5 Å². The van der Waals surface area contributed by atoms with E-state index in [1.807, 2.05) is 48.5 Å². The summed E-state index contributed by atoms with van der Waals surface area (Å²) in [4.78, 5) is 26.3. The van der Waals surface area contributed by atoms with Crippen LogP contribution in [-0.2, 0) is 9.53 Å². The zero-order valence-electron chi connectivity index (χ0n) is 18.9. The van der Waals surface area contributed by atoms with Gasteiger partial charge in [-0.25, -0.2) is 22.8 Å². The number of aliphatic hydroxyl groups is 1. The minimum atomic E-state index is -2.41. The average Bonchev–Trinajstić information content (AvgIpc) is 3.45. The summed E-state index contributed by atoms with van der Waals surface area (Å²) in [5, 5.41) is 10.0. The van der Waals surface area contributed by atoms with Gasteiger partial charge in [0.2, 0.25) is 34.8 Å². The van der Waals surface area contributed by atoms with Crippen LogP contribution in [0.2, 0.25) is 0 Å². The highest BCUT2D eigenvalue weighted by molar-refractivity contribution is 5.84. The largest absolute Gasteiger partial charge is 0.448 e. The summed E-state index contributed by atoms with van der Waals surface area (Å²) in [6, 6.07) is 13.6. The molecule has 37 heavy (non-hydrogen) atoms. The van der Waals surface area contributed by atoms with Gasteiger partial charge in [-0.15, -0.1) is 0 Å². The molecule has 0 bridgehead atoms. The zero-order valence-corrected chi connectivity index (χ0v) is 18.9. The number of benzene rings is 3. The lowest BCUT2D eigenvalue weighted by Crippen LogP contribution is -2.43. The Balaban J connectivity index is 1.33. The van der Waals surface area contributed by atoms with E-state index in [2.05, 4.69) is 4.74 Å². The summed E-state index contributed by atoms with van der Waals surface area (Å²) in [5.74, 6) is -15.3. The predicted molar refractivity (Wildman–Crippen MR) is 118 cm³/mol. The molecule has 0 aromatic heterocycles. The maximum atomic E-state index is 14.0. The van der Waals surface area contributed by atoms with Crippen molar-refractivity contribution in [2.75, 3.05) is 13.2 Å². The van der Waals surface area contributed by atoms with Gasteiger partial charge in [-0.1, -0.05) is 48.5 Å². The molecule has 3 aromatic rings. The number of esters is 1. The molecule has 2 aliphatic rings. The number of fused-ring (bicyclic) bond motifs is 3. The first-order valence-electron chi connectivity index (χ1n) is 11.2. The SMILES string of the molecule is O=C(Oc1c(F)c(F)c(F)c(F)c1F)[C@@H]1C[C@@H](O)CN1C(=O)OCC1c2ccccc2-c2ccccc21. The number of amides is 1. The Bertz CT molecular complexity index is 1340. The van der Waals surface area contributed by atoms with Crippen molar-refractivity contribution in [3.63, 3.8) is 0 Å². The van der Waals surface area contributed by atoms with E-state index in [0.717, 1.165) is 27.2 Å². The lowest BCUT2D eigenvalue weighted by Gasteiger charge is -2.23. The number of nitrogens with zero attached hydrogens (tertiary/aromatic N) is 1. The second-order valence-corrected chi connectivity index (χ2v) is 8.68. The minimum absolute atomic E-state index is 0.112. The molecule has 1 aliphatic heterocycles. The van der Waals surface area contributed by atoms with Gasteiger partial charge in [-0.05, 0) is 22.3 Å². The number of likely N-dealkylation sites (tertiary alicyclic amines) is 1. The van der Waals surface area contributed by atoms with E-state index >= 15 is 0 Å². The van der Waals surface area contributed by atoms with Gasteiger partial charge in [0.25, 0.3) is 0 Å². The number of carbonyl (C=O) groups is 2. The molecule has 0 saturated carbocycles. The van der Waals surface area contributed by atoms with Crippen LogP contribution in [0.5, 0.6) is 5.75 Å². The highest BCUT2D eigenvalue weighted by Crippen LogP contribution is 2.44. The van der Waals surface area contributed by atoms with Gasteiger partial charge in [0.15, 0.2) is 0 Å². The number of halogens is 5. The van der Waals surface area contributed by atoms with Crippen molar-refractivity contribution >= 4 is 12.1 Å². The van der Waals surface area contributed by atoms with Crippen LogP contribution in [-0.4, -0.2) is 47.4 Å². The fraction of sp³-hybridized carbons (Fsp3) is 0.231. The second-order valence-electron chi connectivity index (χ2n) is 8.68. The molecule has 3 aromatic carbocycles. The Labute approximate surface area is 206 Å². The molecule has 11 heteroatoms. The predicted octanol–water partition coefficient (Wildman–Crippen LogP) is 4.67. The fourth-order valence-corrected chi connectivity index (χ4v) is 4.76. The molecule has 1 aliphatic carbocycles. The molecule has 0 radical (unpaired) electrons. The van der Waals surface area contributed by atoms with Gasteiger partial charge < -0.3 is 14.6 Å². The van der Waals surface area contributed by atoms with E-state index in [-0.39, 0.29) is 19.1 Å². The molecule has 1 heterocycles. The molecular formula is C26H18F5NO5. The first-order chi connectivity index (χ1) is 17.7. The molecule has 1 N–H and O–H groups in total. The first kappa shape index (κ1) is 24.7. The maximum absolute atomic E-state index is 14.0. The summed E-state index contributed by atoms with van der Waals surface area (Å²) in [7, 11) is 0. The molecule has 1 fully saturated rings. The standard InChI is InChI=1S/C26H18F5NO5/c27-19-20(28)22(30)24(23(31)21(19)29)37-25(34)18-9-12(33)10-32(18)26(35)36-11-17-15-7-3-1-5-13(15)14-6-2-4-8-16(14)17/h1-8,12,17-18,33H,9-11H2/t12-,18+/m1/s1. The third-order valence-corrected chi connectivity index (χ3v) is 6.49. The number of hydrogen-bond acceptors (Lipinski definition) is 5. The van der Waals surface area contributed by atoms with E-state index in [9.17, 15) is 36.6 Å². The fourth-order valence-electron chi connectivity index (χ4n) is 4.76. The van der Waals surface area contributed by atoms with Crippen LogP contribution < -0.4 is 4.74 Å². The highest BCUT2D eigenvalue weighted by Gasteiger charge is 2.43. The van der Waals surface area contributed by atoms with Crippen LogP contribution >= 0.6 is 0 Å². The number of hydrogen-bond donors (Lipinski definition) is 1. The van der Waals surface area contributed by atoms with Crippen molar-refractivity contribution < 1.29 is 46.1 Å². The van der Waals surface area contributed by atoms with Crippen LogP contribution in [0.25, 0.3) is 11.1 Å². The van der Waals surface area contributed by atoms with Crippen molar-refractivity contribution in [1.82, 2.24) is 4.90 Å². The monoisotopic (exact) mass is 519 g/mol. The van der Waals surface area contributed by atoms with Crippen molar-refractivity contribution in [1.29, 1.82) is 0 Å². The summed E-state index contributed by atoms with van der Waals surface area (Å²) in [5.41, 5.74) is 3.83. The number of β-amino-alcohol motifs (C(OH)–C–C–N with tert-alkyl or cyclic N) is 1. The quantitative estimate of drug-likeness (QED) is 0.178. The Morgan fingerprint density at radius 3 is 1.92 bits per heavy atom. The van der Waals surface area contributed by atoms with E-state index in [4.69, 9.17) is 4.74 Å². The molecular weight excluding hydrogens is 501 g/mol. The third kappa shape index (κ3) is 4.18. The normalized spacial score (nSPS) is 18.5. The summed E-state index contributed by atoms with van der Waals surface area (Å²) in [6.45, 7) is -0.480. The smallest absolute Gasteiger partial charge is 0.410 e. The van der Waals surface area contributed by atoms with Crippen LogP contribution in [0.4, 0.5) is 26.7 Å². The first-order valence-corrected chi connectivity index (χ1v) is 11.2. The number of aliphatic hydroxyl groups excluding tert-OH is 1. The highest BCUT2D eigenvalue weighted by atomic mass is 19.2. The number of ether oxygens (including phenoxy) is 2. The Morgan fingerprint density at radius 1 is 0.838 bits per heavy atom. The van der Waals surface area contributed by atoms with Crippen molar-refractivity contribution in [3.8, 4) is 16.9 Å². The Hall–Kier alpha value is -3.99. The molecule has 0 spiro atoms. The Kier molecular flexibility index (Phi) is 6.32. The van der Waals surface area contributed by atoms with Gasteiger partial charge in [0, 0.05) is 12.3 Å². The van der Waals surface area contributed by atoms with Crippen LogP contribution in [0, 0.1) is 29.1 Å². The average molecular weight is 519 g/mol. The minimum Gasteiger partial charge on any atom is -0.448 e. The Morgan fingerprint density at radius 2 is 1.35 bits per heavy atom. The van der Waals surface area contributed by atoms with Gasteiger partial charge in [-0.3, -0.25) is 4.90 Å². The molecule has 2 atom stereocenters. The molecule has 1 amide bonds. The number of carbonyl (C=O) groups excluding carboxylic acids is 2. The lowest BCUT2D eigenvalue weighted by molar-refractivity contribution is -0.139. The second kappa shape index (κ2) is 9.47. The lowest BCUT2D eigenvalue weighted by atomic mass is 9.98. The van der Waals surface area contributed by atoms with Crippen molar-refractivity contribution in [2.24, 2.45) is 0 Å². The van der Waals surface area contributed by atoms with E-state index in [1.165, 1.54) is 0 Å². The van der Waals surface area contributed by atoms with E-state index < -0.39 is 65.5 Å². The molecule has 0 unspecified atom stereocenters. The summed E-state index contributed by atoms with van der Waals surface area (Å²) >= 11 is 0. The van der Waals surface area contributed by atoms with Crippen LogP contribution in [0.3, 0.4) is 0 Å². The molecule has 5 rings (SSSR count). The van der Waals surface area contributed by atoms with Crippen molar-refractivity contribution in [2.45, 2.75) is 24.5 Å². The maximum Gasteiger partial charge on any atom is 0.410 e. The molecule has 192 valence electrons. The summed E-state index contributed by atoms with van der Waals surface area (Å²) < 4.78 is 78.1.